The summed E-state index contributed by atoms with van der Waals surface area (Å²) < 4.78 is 8.34. The molecule has 0 atom stereocenters. The third-order valence-corrected chi connectivity index (χ3v) is 6.33. The first-order valence-electron chi connectivity index (χ1n) is 12.2. The van der Waals surface area contributed by atoms with Crippen molar-refractivity contribution in [3.8, 4) is 5.75 Å². The van der Waals surface area contributed by atoms with Crippen LogP contribution in [0.2, 0.25) is 5.02 Å². The van der Waals surface area contributed by atoms with Gasteiger partial charge in [0.1, 0.15) is 11.6 Å². The Morgan fingerprint density at radius 1 is 1.00 bits per heavy atom. The number of fused-ring (bicyclic) bond motifs is 1. The Bertz CT molecular complexity index is 1280. The summed E-state index contributed by atoms with van der Waals surface area (Å²) >= 11 is 5.90. The second kappa shape index (κ2) is 11.9. The van der Waals surface area contributed by atoms with Crippen LogP contribution < -0.4 is 10.1 Å². The minimum absolute atomic E-state index is 0.0842. The molecule has 6 heteroatoms. The summed E-state index contributed by atoms with van der Waals surface area (Å²) in [6.07, 6.45) is 3.59. The highest BCUT2D eigenvalue weighted by atomic mass is 35.5. The summed E-state index contributed by atoms with van der Waals surface area (Å²) in [6.45, 7) is 6.35. The van der Waals surface area contributed by atoms with Crippen LogP contribution >= 0.6 is 11.6 Å². The summed E-state index contributed by atoms with van der Waals surface area (Å²) in [4.78, 5) is 17.2. The second-order valence-electron chi connectivity index (χ2n) is 8.86. The number of hydrogen-bond acceptors (Lipinski definition) is 3. The van der Waals surface area contributed by atoms with Crippen LogP contribution in [0.5, 0.6) is 5.75 Å². The van der Waals surface area contributed by atoms with Crippen LogP contribution in [0.25, 0.3) is 11.0 Å². The number of carbonyl (C=O) groups excluding carboxylic acids is 1. The molecule has 182 valence electrons. The van der Waals surface area contributed by atoms with Crippen molar-refractivity contribution >= 4 is 28.5 Å². The predicted octanol–water partition coefficient (Wildman–Crippen LogP) is 6.53. The molecule has 0 aliphatic rings. The summed E-state index contributed by atoms with van der Waals surface area (Å²) in [5, 5.41) is 3.61. The molecule has 0 radical (unpaired) electrons. The monoisotopic (exact) mass is 489 g/mol. The van der Waals surface area contributed by atoms with Gasteiger partial charge in [-0.15, -0.1) is 0 Å². The van der Waals surface area contributed by atoms with Gasteiger partial charge in [-0.3, -0.25) is 4.79 Å². The van der Waals surface area contributed by atoms with Crippen LogP contribution in [0.4, 0.5) is 0 Å². The fourth-order valence-corrected chi connectivity index (χ4v) is 4.26. The lowest BCUT2D eigenvalue weighted by molar-refractivity contribution is 0.0953. The van der Waals surface area contributed by atoms with Crippen molar-refractivity contribution in [1.29, 1.82) is 0 Å². The summed E-state index contributed by atoms with van der Waals surface area (Å²) in [7, 11) is 0. The number of benzene rings is 3. The number of imidazole rings is 1. The van der Waals surface area contributed by atoms with Gasteiger partial charge in [0.15, 0.2) is 0 Å². The number of aromatic nitrogens is 2. The number of nitrogens with one attached hydrogen (secondary N) is 1. The number of amides is 1. The number of halogens is 1. The van der Waals surface area contributed by atoms with Crippen molar-refractivity contribution < 1.29 is 9.53 Å². The third-order valence-electron chi connectivity index (χ3n) is 6.08. The molecule has 0 aliphatic carbocycles. The van der Waals surface area contributed by atoms with E-state index in [9.17, 15) is 4.79 Å². The first-order valence-corrected chi connectivity index (χ1v) is 12.6. The summed E-state index contributed by atoms with van der Waals surface area (Å²) in [5.41, 5.74) is 5.17. The van der Waals surface area contributed by atoms with Crippen molar-refractivity contribution in [3.63, 3.8) is 0 Å². The molecule has 0 fully saturated rings. The van der Waals surface area contributed by atoms with E-state index in [0.717, 1.165) is 54.8 Å². The number of aryl methyl sites for hydroxylation is 4. The number of rotatable bonds is 11. The maximum absolute atomic E-state index is 12.3. The van der Waals surface area contributed by atoms with Crippen LogP contribution in [-0.4, -0.2) is 28.6 Å². The number of hydrogen-bond donors (Lipinski definition) is 1. The molecule has 1 aromatic heterocycles. The molecule has 1 amide bonds. The quantitative estimate of drug-likeness (QED) is 0.244. The second-order valence-corrected chi connectivity index (χ2v) is 9.30. The minimum atomic E-state index is -0.0842. The average Bonchev–Trinajstić information content (AvgIpc) is 3.21. The lowest BCUT2D eigenvalue weighted by atomic mass is 10.1. The fraction of sp³-hybridized carbons (Fsp3) is 0.310. The van der Waals surface area contributed by atoms with Crippen molar-refractivity contribution in [2.24, 2.45) is 0 Å². The fourth-order valence-electron chi connectivity index (χ4n) is 4.13. The Labute approximate surface area is 212 Å². The Hall–Kier alpha value is -3.31. The van der Waals surface area contributed by atoms with Gasteiger partial charge in [-0.1, -0.05) is 35.9 Å². The van der Waals surface area contributed by atoms with Crippen molar-refractivity contribution in [3.05, 3.63) is 94.3 Å². The molecule has 35 heavy (non-hydrogen) atoms. The Morgan fingerprint density at radius 2 is 1.80 bits per heavy atom. The molecule has 4 rings (SSSR count). The van der Waals surface area contributed by atoms with Gasteiger partial charge in [0, 0.05) is 30.1 Å². The van der Waals surface area contributed by atoms with Crippen molar-refractivity contribution in [2.45, 2.75) is 46.1 Å². The SMILES string of the molecule is Cc1ccc(C)c(OCCCCn2c(CCCNC(=O)c3ccc(Cl)cc3)nc3ccccc32)c1. The standard InChI is InChI=1S/C29H32ClN3O2/c1-21-11-12-22(2)27(20-21)35-19-6-5-18-33-26-9-4-3-8-25(26)32-28(33)10-7-17-31-29(34)23-13-15-24(30)16-14-23/h3-4,8-9,11-16,20H,5-7,10,17-19H2,1-2H3,(H,31,34). The molecule has 1 N–H and O–H groups in total. The zero-order valence-electron chi connectivity index (χ0n) is 20.4. The van der Waals surface area contributed by atoms with Crippen molar-refractivity contribution in [2.75, 3.05) is 13.2 Å². The molecule has 1 heterocycles. The van der Waals surface area contributed by atoms with Crippen LogP contribution in [0.3, 0.4) is 0 Å². The molecule has 5 nitrogen and oxygen atoms in total. The minimum Gasteiger partial charge on any atom is -0.493 e. The van der Waals surface area contributed by atoms with Gasteiger partial charge in [0.05, 0.1) is 17.6 Å². The number of nitrogens with zero attached hydrogens (tertiary/aromatic N) is 2. The maximum atomic E-state index is 12.3. The van der Waals surface area contributed by atoms with Gasteiger partial charge in [-0.2, -0.15) is 0 Å². The van der Waals surface area contributed by atoms with E-state index in [0.29, 0.717) is 23.7 Å². The Morgan fingerprint density at radius 3 is 2.63 bits per heavy atom. The Kier molecular flexibility index (Phi) is 8.43. The van der Waals surface area contributed by atoms with E-state index >= 15 is 0 Å². The van der Waals surface area contributed by atoms with Crippen molar-refractivity contribution in [1.82, 2.24) is 14.9 Å². The van der Waals surface area contributed by atoms with E-state index in [1.807, 2.05) is 6.07 Å². The van der Waals surface area contributed by atoms with E-state index < -0.39 is 0 Å². The van der Waals surface area contributed by atoms with Gasteiger partial charge in [0.2, 0.25) is 0 Å². The number of carbonyl (C=O) groups is 1. The van der Waals surface area contributed by atoms with E-state index in [-0.39, 0.29) is 5.91 Å². The van der Waals surface area contributed by atoms with Gasteiger partial charge >= 0.3 is 0 Å². The largest absolute Gasteiger partial charge is 0.493 e. The van der Waals surface area contributed by atoms with Gasteiger partial charge in [-0.05, 0) is 86.7 Å². The topological polar surface area (TPSA) is 56.1 Å². The average molecular weight is 490 g/mol. The molecule has 0 saturated carbocycles. The summed E-state index contributed by atoms with van der Waals surface area (Å²) in [6, 6.07) is 21.5. The molecule has 0 bridgehead atoms. The van der Waals surface area contributed by atoms with E-state index in [4.69, 9.17) is 21.3 Å². The van der Waals surface area contributed by atoms with Gasteiger partial charge in [0.25, 0.3) is 5.91 Å². The molecule has 0 unspecified atom stereocenters. The van der Waals surface area contributed by atoms with E-state index in [1.165, 1.54) is 11.1 Å². The Balaban J connectivity index is 1.29. The zero-order valence-corrected chi connectivity index (χ0v) is 21.1. The van der Waals surface area contributed by atoms with Gasteiger partial charge < -0.3 is 14.6 Å². The van der Waals surface area contributed by atoms with E-state index in [2.05, 4.69) is 60.1 Å². The van der Waals surface area contributed by atoms with Crippen LogP contribution in [0, 0.1) is 13.8 Å². The third kappa shape index (κ3) is 6.64. The number of ether oxygens (including phenoxy) is 1. The van der Waals surface area contributed by atoms with Gasteiger partial charge in [-0.25, -0.2) is 4.98 Å². The smallest absolute Gasteiger partial charge is 0.251 e. The highest BCUT2D eigenvalue weighted by molar-refractivity contribution is 6.30. The highest BCUT2D eigenvalue weighted by Crippen LogP contribution is 2.21. The molecule has 4 aromatic rings. The normalized spacial score (nSPS) is 11.1. The lowest BCUT2D eigenvalue weighted by Gasteiger charge is -2.12. The van der Waals surface area contributed by atoms with E-state index in [1.54, 1.807) is 24.3 Å². The maximum Gasteiger partial charge on any atom is 0.251 e. The number of unbranched alkanes of at least 4 members (excludes halogenated alkanes) is 1. The number of para-hydroxylation sites is 2. The van der Waals surface area contributed by atoms with Crippen LogP contribution in [-0.2, 0) is 13.0 Å². The first-order chi connectivity index (χ1) is 17.0. The zero-order chi connectivity index (χ0) is 24.6. The van der Waals surface area contributed by atoms with Crippen LogP contribution in [0.1, 0.15) is 46.6 Å². The molecule has 3 aromatic carbocycles. The van der Waals surface area contributed by atoms with Crippen LogP contribution in [0.15, 0.2) is 66.7 Å². The first kappa shape index (κ1) is 24.8. The molecule has 0 aliphatic heterocycles. The molecular formula is C29H32ClN3O2. The molecular weight excluding hydrogens is 458 g/mol. The predicted molar refractivity (Wildman–Crippen MR) is 142 cm³/mol. The molecule has 0 spiro atoms. The highest BCUT2D eigenvalue weighted by Gasteiger charge is 2.11. The summed E-state index contributed by atoms with van der Waals surface area (Å²) in [5.74, 6) is 1.95. The molecule has 0 saturated heterocycles. The lowest BCUT2D eigenvalue weighted by Crippen LogP contribution is -2.25.